The molecule has 84 valence electrons. The Morgan fingerprint density at radius 3 is 2.69 bits per heavy atom. The van der Waals surface area contributed by atoms with Crippen LogP contribution in [0.2, 0.25) is 0 Å². The van der Waals surface area contributed by atoms with Gasteiger partial charge >= 0.3 is 0 Å². The standard InChI is InChI=1S/C12H14N2OS/c13-9-6-8(3-4-15)12(14)10(7-9)11-2-1-5-16-11/h1-2,5-7,15H,3-4,13-14H2. The minimum atomic E-state index is 0.0809. The lowest BCUT2D eigenvalue weighted by molar-refractivity contribution is 0.300. The number of rotatable bonds is 3. The van der Waals surface area contributed by atoms with Gasteiger partial charge in [-0.1, -0.05) is 6.07 Å². The van der Waals surface area contributed by atoms with E-state index in [1.54, 1.807) is 11.3 Å². The normalized spacial score (nSPS) is 10.6. The molecule has 2 rings (SSSR count). The third-order valence-corrected chi connectivity index (χ3v) is 3.36. The molecule has 0 fully saturated rings. The first-order chi connectivity index (χ1) is 7.72. The Labute approximate surface area is 98.3 Å². The van der Waals surface area contributed by atoms with Gasteiger partial charge in [0.15, 0.2) is 0 Å². The Morgan fingerprint density at radius 1 is 1.25 bits per heavy atom. The van der Waals surface area contributed by atoms with Gasteiger partial charge in [0.1, 0.15) is 0 Å². The maximum atomic E-state index is 8.96. The van der Waals surface area contributed by atoms with Crippen molar-refractivity contribution in [3.63, 3.8) is 0 Å². The van der Waals surface area contributed by atoms with Crippen LogP contribution in [0.1, 0.15) is 5.56 Å². The predicted octanol–water partition coefficient (Wildman–Crippen LogP) is 2.11. The van der Waals surface area contributed by atoms with Crippen LogP contribution in [-0.4, -0.2) is 11.7 Å². The second kappa shape index (κ2) is 4.55. The van der Waals surface area contributed by atoms with E-state index in [9.17, 15) is 0 Å². The van der Waals surface area contributed by atoms with Crippen LogP contribution in [0.4, 0.5) is 11.4 Å². The lowest BCUT2D eigenvalue weighted by Crippen LogP contribution is -2.01. The second-order valence-electron chi connectivity index (χ2n) is 3.59. The molecule has 0 aliphatic rings. The molecule has 1 aromatic heterocycles. The lowest BCUT2D eigenvalue weighted by atomic mass is 10.0. The van der Waals surface area contributed by atoms with Crippen molar-refractivity contribution >= 4 is 22.7 Å². The van der Waals surface area contributed by atoms with Crippen molar-refractivity contribution in [2.24, 2.45) is 0 Å². The fraction of sp³-hybridized carbons (Fsp3) is 0.167. The van der Waals surface area contributed by atoms with Crippen molar-refractivity contribution in [2.75, 3.05) is 18.1 Å². The summed E-state index contributed by atoms with van der Waals surface area (Å²) in [6, 6.07) is 7.69. The number of nitrogen functional groups attached to an aromatic ring is 2. The Morgan fingerprint density at radius 2 is 2.06 bits per heavy atom. The summed E-state index contributed by atoms with van der Waals surface area (Å²) in [6.07, 6.45) is 0.537. The fourth-order valence-electron chi connectivity index (χ4n) is 1.70. The van der Waals surface area contributed by atoms with Gasteiger partial charge in [0.05, 0.1) is 0 Å². The van der Waals surface area contributed by atoms with Crippen LogP contribution < -0.4 is 11.5 Å². The molecule has 0 aliphatic heterocycles. The molecule has 1 heterocycles. The summed E-state index contributed by atoms with van der Waals surface area (Å²) in [5, 5.41) is 11.0. The molecule has 0 aliphatic carbocycles. The number of aliphatic hydroxyl groups is 1. The molecule has 0 unspecified atom stereocenters. The Bertz CT molecular complexity index is 480. The molecule has 5 N–H and O–H groups in total. The van der Waals surface area contributed by atoms with Crippen molar-refractivity contribution in [3.8, 4) is 10.4 Å². The van der Waals surface area contributed by atoms with Crippen LogP contribution in [0.25, 0.3) is 10.4 Å². The maximum Gasteiger partial charge on any atom is 0.0472 e. The SMILES string of the molecule is Nc1cc(CCO)c(N)c(-c2cccs2)c1. The largest absolute Gasteiger partial charge is 0.399 e. The van der Waals surface area contributed by atoms with Gasteiger partial charge in [-0.15, -0.1) is 11.3 Å². The van der Waals surface area contributed by atoms with Crippen LogP contribution in [0, 0.1) is 0 Å². The van der Waals surface area contributed by atoms with Crippen LogP contribution in [-0.2, 0) is 6.42 Å². The zero-order valence-electron chi connectivity index (χ0n) is 8.81. The molecule has 3 nitrogen and oxygen atoms in total. The third-order valence-electron chi connectivity index (χ3n) is 2.46. The highest BCUT2D eigenvalue weighted by Crippen LogP contribution is 2.34. The van der Waals surface area contributed by atoms with Crippen LogP contribution in [0.5, 0.6) is 0 Å². The molecule has 0 spiro atoms. The van der Waals surface area contributed by atoms with E-state index in [2.05, 4.69) is 0 Å². The highest BCUT2D eigenvalue weighted by Gasteiger charge is 2.09. The molecule has 1 aromatic carbocycles. The molecular weight excluding hydrogens is 220 g/mol. The Balaban J connectivity index is 2.53. The topological polar surface area (TPSA) is 72.3 Å². The highest BCUT2D eigenvalue weighted by molar-refractivity contribution is 7.13. The molecule has 2 aromatic rings. The second-order valence-corrected chi connectivity index (χ2v) is 4.54. The quantitative estimate of drug-likeness (QED) is 0.712. The van der Waals surface area contributed by atoms with E-state index in [1.807, 2.05) is 29.6 Å². The summed E-state index contributed by atoms with van der Waals surface area (Å²) >= 11 is 1.63. The third kappa shape index (κ3) is 2.03. The van der Waals surface area contributed by atoms with Crippen LogP contribution in [0.15, 0.2) is 29.6 Å². The summed E-state index contributed by atoms with van der Waals surface area (Å²) in [5.74, 6) is 0. The number of thiophene rings is 1. The van der Waals surface area contributed by atoms with Crippen LogP contribution >= 0.6 is 11.3 Å². The minimum absolute atomic E-state index is 0.0809. The molecule has 0 saturated carbocycles. The van der Waals surface area contributed by atoms with Crippen molar-refractivity contribution < 1.29 is 5.11 Å². The Hall–Kier alpha value is -1.52. The molecule has 0 atom stereocenters. The summed E-state index contributed by atoms with van der Waals surface area (Å²) in [5.41, 5.74) is 15.2. The average molecular weight is 234 g/mol. The van der Waals surface area contributed by atoms with E-state index in [-0.39, 0.29) is 6.61 Å². The van der Waals surface area contributed by atoms with E-state index in [1.165, 1.54) is 0 Å². The molecular formula is C12H14N2OS. The molecule has 0 bridgehead atoms. The smallest absolute Gasteiger partial charge is 0.0472 e. The summed E-state index contributed by atoms with van der Waals surface area (Å²) in [6.45, 7) is 0.0809. The highest BCUT2D eigenvalue weighted by atomic mass is 32.1. The van der Waals surface area contributed by atoms with Gasteiger partial charge in [0, 0.05) is 28.4 Å². The van der Waals surface area contributed by atoms with Crippen molar-refractivity contribution in [2.45, 2.75) is 6.42 Å². The van der Waals surface area contributed by atoms with E-state index < -0.39 is 0 Å². The fourth-order valence-corrected chi connectivity index (χ4v) is 2.46. The van der Waals surface area contributed by atoms with Gasteiger partial charge in [0.2, 0.25) is 0 Å². The first kappa shape index (κ1) is 11.0. The number of hydrogen-bond acceptors (Lipinski definition) is 4. The van der Waals surface area contributed by atoms with Gasteiger partial charge in [-0.25, -0.2) is 0 Å². The van der Waals surface area contributed by atoms with Gasteiger partial charge in [0.25, 0.3) is 0 Å². The number of aliphatic hydroxyl groups excluding tert-OH is 1. The zero-order valence-corrected chi connectivity index (χ0v) is 9.63. The predicted molar refractivity (Wildman–Crippen MR) is 69.4 cm³/mol. The lowest BCUT2D eigenvalue weighted by Gasteiger charge is -2.10. The van der Waals surface area contributed by atoms with Gasteiger partial charge in [-0.3, -0.25) is 0 Å². The van der Waals surface area contributed by atoms with Gasteiger partial charge < -0.3 is 16.6 Å². The monoisotopic (exact) mass is 234 g/mol. The first-order valence-electron chi connectivity index (χ1n) is 5.05. The number of hydrogen-bond donors (Lipinski definition) is 3. The minimum Gasteiger partial charge on any atom is -0.399 e. The molecule has 0 radical (unpaired) electrons. The van der Waals surface area contributed by atoms with Crippen molar-refractivity contribution in [1.29, 1.82) is 0 Å². The van der Waals surface area contributed by atoms with Crippen molar-refractivity contribution in [1.82, 2.24) is 0 Å². The summed E-state index contributed by atoms with van der Waals surface area (Å²) in [4.78, 5) is 1.10. The molecule has 0 saturated heterocycles. The zero-order chi connectivity index (χ0) is 11.5. The maximum absolute atomic E-state index is 8.96. The first-order valence-corrected chi connectivity index (χ1v) is 5.93. The molecule has 4 heteroatoms. The van der Waals surface area contributed by atoms with Gasteiger partial charge in [-0.05, 0) is 35.6 Å². The van der Waals surface area contributed by atoms with Gasteiger partial charge in [-0.2, -0.15) is 0 Å². The average Bonchev–Trinajstić information content (AvgIpc) is 2.76. The molecule has 16 heavy (non-hydrogen) atoms. The summed E-state index contributed by atoms with van der Waals surface area (Å²) < 4.78 is 0. The molecule has 0 amide bonds. The number of nitrogens with two attached hydrogens (primary N) is 2. The summed E-state index contributed by atoms with van der Waals surface area (Å²) in [7, 11) is 0. The Kier molecular flexibility index (Phi) is 3.12. The van der Waals surface area contributed by atoms with E-state index >= 15 is 0 Å². The van der Waals surface area contributed by atoms with Crippen molar-refractivity contribution in [3.05, 3.63) is 35.2 Å². The van der Waals surface area contributed by atoms with E-state index in [4.69, 9.17) is 16.6 Å². The van der Waals surface area contributed by atoms with E-state index in [0.29, 0.717) is 17.8 Å². The number of anilines is 2. The number of benzene rings is 1. The van der Waals surface area contributed by atoms with Crippen LogP contribution in [0.3, 0.4) is 0 Å². The van der Waals surface area contributed by atoms with E-state index in [0.717, 1.165) is 16.0 Å².